The average molecular weight is 220 g/mol. The van der Waals surface area contributed by atoms with Gasteiger partial charge >= 0.3 is 0 Å². The Hall–Kier alpha value is -1.35. The van der Waals surface area contributed by atoms with Gasteiger partial charge in [0, 0.05) is 19.3 Å². The summed E-state index contributed by atoms with van der Waals surface area (Å²) in [7, 11) is 0. The molecule has 0 spiro atoms. The van der Waals surface area contributed by atoms with E-state index in [9.17, 15) is 5.11 Å². The standard InChI is InChI=1S/C13H20N2O/c1-4-8-15(9-5-2)13-10-12(11(3)16)6-7-14-13/h4,6-7,10-11,16H,1,5,8-9H2,2-3H3. The highest BCUT2D eigenvalue weighted by Crippen LogP contribution is 2.18. The minimum absolute atomic E-state index is 0.450. The van der Waals surface area contributed by atoms with E-state index in [1.54, 1.807) is 13.1 Å². The van der Waals surface area contributed by atoms with Crippen molar-refractivity contribution >= 4 is 5.82 Å². The Balaban J connectivity index is 2.90. The fourth-order valence-corrected chi connectivity index (χ4v) is 1.59. The van der Waals surface area contributed by atoms with Crippen LogP contribution in [-0.4, -0.2) is 23.2 Å². The molecule has 3 nitrogen and oxygen atoms in total. The number of aliphatic hydroxyl groups excluding tert-OH is 1. The molecule has 1 atom stereocenters. The number of hydrogen-bond acceptors (Lipinski definition) is 3. The number of nitrogens with zero attached hydrogens (tertiary/aromatic N) is 2. The van der Waals surface area contributed by atoms with Crippen LogP contribution in [0.5, 0.6) is 0 Å². The predicted octanol–water partition coefficient (Wildman–Crippen LogP) is 2.54. The smallest absolute Gasteiger partial charge is 0.129 e. The van der Waals surface area contributed by atoms with Crippen molar-refractivity contribution in [2.75, 3.05) is 18.0 Å². The van der Waals surface area contributed by atoms with E-state index >= 15 is 0 Å². The van der Waals surface area contributed by atoms with E-state index in [1.165, 1.54) is 0 Å². The molecule has 0 aliphatic rings. The molecule has 0 saturated carbocycles. The summed E-state index contributed by atoms with van der Waals surface area (Å²) in [5.74, 6) is 0.903. The first-order valence-corrected chi connectivity index (χ1v) is 5.69. The SMILES string of the molecule is C=CCN(CCC)c1cc(C(C)O)ccn1. The van der Waals surface area contributed by atoms with Gasteiger partial charge in [-0.15, -0.1) is 6.58 Å². The molecule has 0 fully saturated rings. The predicted molar refractivity (Wildman–Crippen MR) is 67.6 cm³/mol. The Morgan fingerprint density at radius 1 is 1.62 bits per heavy atom. The fourth-order valence-electron chi connectivity index (χ4n) is 1.59. The molecule has 0 aliphatic heterocycles. The summed E-state index contributed by atoms with van der Waals surface area (Å²) in [5, 5.41) is 9.52. The molecule has 0 bridgehead atoms. The molecule has 16 heavy (non-hydrogen) atoms. The van der Waals surface area contributed by atoms with Crippen molar-refractivity contribution < 1.29 is 5.11 Å². The average Bonchev–Trinajstić information content (AvgIpc) is 2.29. The maximum atomic E-state index is 9.52. The lowest BCUT2D eigenvalue weighted by Crippen LogP contribution is -2.25. The topological polar surface area (TPSA) is 36.4 Å². The van der Waals surface area contributed by atoms with Gasteiger partial charge in [-0.3, -0.25) is 0 Å². The lowest BCUT2D eigenvalue weighted by atomic mass is 10.1. The first-order valence-electron chi connectivity index (χ1n) is 5.69. The number of rotatable bonds is 6. The van der Waals surface area contributed by atoms with E-state index in [0.717, 1.165) is 30.9 Å². The number of aliphatic hydroxyl groups is 1. The Kier molecular flexibility index (Phi) is 4.99. The zero-order valence-electron chi connectivity index (χ0n) is 10.1. The highest BCUT2D eigenvalue weighted by atomic mass is 16.3. The second-order valence-electron chi connectivity index (χ2n) is 3.86. The van der Waals surface area contributed by atoms with Crippen molar-refractivity contribution in [1.82, 2.24) is 4.98 Å². The molecule has 0 aromatic carbocycles. The Morgan fingerprint density at radius 2 is 2.38 bits per heavy atom. The van der Waals surface area contributed by atoms with Crippen molar-refractivity contribution in [3.8, 4) is 0 Å². The molecular formula is C13H20N2O. The minimum Gasteiger partial charge on any atom is -0.389 e. The Bertz CT molecular complexity index is 336. The Morgan fingerprint density at radius 3 is 2.94 bits per heavy atom. The summed E-state index contributed by atoms with van der Waals surface area (Å²) in [5.41, 5.74) is 0.898. The van der Waals surface area contributed by atoms with Crippen LogP contribution in [0.3, 0.4) is 0 Å². The van der Waals surface area contributed by atoms with Gasteiger partial charge in [-0.25, -0.2) is 4.98 Å². The molecule has 0 aliphatic carbocycles. The molecule has 1 N–H and O–H groups in total. The summed E-state index contributed by atoms with van der Waals surface area (Å²) >= 11 is 0. The van der Waals surface area contributed by atoms with Gasteiger partial charge in [-0.05, 0) is 31.0 Å². The third kappa shape index (κ3) is 3.35. The number of aromatic nitrogens is 1. The van der Waals surface area contributed by atoms with Crippen molar-refractivity contribution in [1.29, 1.82) is 0 Å². The van der Waals surface area contributed by atoms with Crippen LogP contribution >= 0.6 is 0 Å². The van der Waals surface area contributed by atoms with E-state index in [2.05, 4.69) is 23.4 Å². The van der Waals surface area contributed by atoms with Crippen LogP contribution in [0.1, 0.15) is 31.9 Å². The molecule has 0 radical (unpaired) electrons. The molecule has 0 amide bonds. The molecule has 1 heterocycles. The third-order valence-electron chi connectivity index (χ3n) is 2.42. The lowest BCUT2D eigenvalue weighted by Gasteiger charge is -2.22. The number of pyridine rings is 1. The van der Waals surface area contributed by atoms with Crippen LogP contribution in [0.4, 0.5) is 5.82 Å². The van der Waals surface area contributed by atoms with E-state index < -0.39 is 6.10 Å². The van der Waals surface area contributed by atoms with Gasteiger partial charge in [0.25, 0.3) is 0 Å². The molecule has 1 unspecified atom stereocenters. The van der Waals surface area contributed by atoms with Crippen molar-refractivity contribution in [2.24, 2.45) is 0 Å². The monoisotopic (exact) mass is 220 g/mol. The molecule has 1 aromatic rings. The zero-order chi connectivity index (χ0) is 12.0. The fraction of sp³-hybridized carbons (Fsp3) is 0.462. The first kappa shape index (κ1) is 12.7. The van der Waals surface area contributed by atoms with Crippen LogP contribution in [0, 0.1) is 0 Å². The van der Waals surface area contributed by atoms with Gasteiger partial charge < -0.3 is 10.0 Å². The molecule has 1 aromatic heterocycles. The van der Waals surface area contributed by atoms with Crippen LogP contribution < -0.4 is 4.90 Å². The van der Waals surface area contributed by atoms with E-state index in [4.69, 9.17) is 0 Å². The first-order chi connectivity index (χ1) is 7.69. The number of anilines is 1. The van der Waals surface area contributed by atoms with E-state index in [1.807, 2.05) is 18.2 Å². The summed E-state index contributed by atoms with van der Waals surface area (Å²) in [6.07, 6.45) is 4.22. The maximum Gasteiger partial charge on any atom is 0.129 e. The van der Waals surface area contributed by atoms with E-state index in [-0.39, 0.29) is 0 Å². The van der Waals surface area contributed by atoms with Crippen molar-refractivity contribution in [3.05, 3.63) is 36.5 Å². The quantitative estimate of drug-likeness (QED) is 0.748. The lowest BCUT2D eigenvalue weighted by molar-refractivity contribution is 0.199. The number of hydrogen-bond donors (Lipinski definition) is 1. The molecule has 0 saturated heterocycles. The van der Waals surface area contributed by atoms with Crippen LogP contribution in [0.2, 0.25) is 0 Å². The van der Waals surface area contributed by atoms with Crippen LogP contribution in [0.15, 0.2) is 31.0 Å². The Labute approximate surface area is 97.4 Å². The van der Waals surface area contributed by atoms with Gasteiger partial charge in [0.2, 0.25) is 0 Å². The zero-order valence-corrected chi connectivity index (χ0v) is 10.1. The molecule has 3 heteroatoms. The summed E-state index contributed by atoms with van der Waals surface area (Å²) in [4.78, 5) is 6.48. The largest absolute Gasteiger partial charge is 0.389 e. The molecule has 1 rings (SSSR count). The van der Waals surface area contributed by atoms with Crippen LogP contribution in [0.25, 0.3) is 0 Å². The van der Waals surface area contributed by atoms with Crippen molar-refractivity contribution in [3.63, 3.8) is 0 Å². The molecular weight excluding hydrogens is 200 g/mol. The maximum absolute atomic E-state index is 9.52. The van der Waals surface area contributed by atoms with Gasteiger partial charge in [-0.1, -0.05) is 13.0 Å². The summed E-state index contributed by atoms with van der Waals surface area (Å²) in [6.45, 7) is 9.37. The van der Waals surface area contributed by atoms with Crippen LogP contribution in [-0.2, 0) is 0 Å². The van der Waals surface area contributed by atoms with Gasteiger partial charge in [0.1, 0.15) is 5.82 Å². The van der Waals surface area contributed by atoms with Gasteiger partial charge in [0.15, 0.2) is 0 Å². The summed E-state index contributed by atoms with van der Waals surface area (Å²) in [6, 6.07) is 3.77. The third-order valence-corrected chi connectivity index (χ3v) is 2.42. The van der Waals surface area contributed by atoms with Gasteiger partial charge in [-0.2, -0.15) is 0 Å². The van der Waals surface area contributed by atoms with E-state index in [0.29, 0.717) is 0 Å². The minimum atomic E-state index is -0.450. The normalized spacial score (nSPS) is 12.2. The van der Waals surface area contributed by atoms with Gasteiger partial charge in [0.05, 0.1) is 6.10 Å². The summed E-state index contributed by atoms with van der Waals surface area (Å²) < 4.78 is 0. The molecule has 88 valence electrons. The highest BCUT2D eigenvalue weighted by Gasteiger charge is 2.07. The van der Waals surface area contributed by atoms with Crippen molar-refractivity contribution in [2.45, 2.75) is 26.4 Å². The highest BCUT2D eigenvalue weighted by molar-refractivity contribution is 5.42. The second kappa shape index (κ2) is 6.28. The second-order valence-corrected chi connectivity index (χ2v) is 3.86.